The molecule has 0 aliphatic rings. The molecular weight excluding hydrogens is 272 g/mol. The molecule has 2 aromatic rings. The Labute approximate surface area is 133 Å². The van der Waals surface area contributed by atoms with Crippen molar-refractivity contribution in [3.63, 3.8) is 0 Å². The molecule has 0 atom stereocenters. The molecule has 0 saturated heterocycles. The van der Waals surface area contributed by atoms with Crippen LogP contribution in [0.5, 0.6) is 0 Å². The van der Waals surface area contributed by atoms with Crippen LogP contribution in [-0.2, 0) is 10.3 Å². The maximum absolute atomic E-state index is 12.6. The van der Waals surface area contributed by atoms with E-state index >= 15 is 0 Å². The van der Waals surface area contributed by atoms with Crippen molar-refractivity contribution in [3.8, 4) is 0 Å². The maximum atomic E-state index is 12.6. The van der Waals surface area contributed by atoms with E-state index in [0.717, 1.165) is 31.2 Å². The van der Waals surface area contributed by atoms with Gasteiger partial charge in [0, 0.05) is 0 Å². The molecule has 2 rings (SSSR count). The topological polar surface area (TPSA) is 26.3 Å². The Hall–Kier alpha value is -2.09. The van der Waals surface area contributed by atoms with Crippen LogP contribution in [0.2, 0.25) is 0 Å². The summed E-state index contributed by atoms with van der Waals surface area (Å²) in [6, 6.07) is 19.3. The number of hydrogen-bond acceptors (Lipinski definition) is 2. The van der Waals surface area contributed by atoms with Gasteiger partial charge in [0.15, 0.2) is 0 Å². The van der Waals surface area contributed by atoms with Crippen LogP contribution in [0.1, 0.15) is 55.5 Å². The highest BCUT2D eigenvalue weighted by molar-refractivity contribution is 5.89. The average Bonchev–Trinajstić information content (AvgIpc) is 2.57. The highest BCUT2D eigenvalue weighted by atomic mass is 16.6. The number of benzene rings is 2. The normalized spacial score (nSPS) is 11.2. The van der Waals surface area contributed by atoms with Crippen LogP contribution in [0.3, 0.4) is 0 Å². The molecule has 0 radical (unpaired) electrons. The summed E-state index contributed by atoms with van der Waals surface area (Å²) in [5.74, 6) is -0.244. The first-order valence-electron chi connectivity index (χ1n) is 8.06. The first-order valence-corrected chi connectivity index (χ1v) is 8.06. The second-order valence-corrected chi connectivity index (χ2v) is 5.62. The Bertz CT molecular complexity index is 569. The Morgan fingerprint density at radius 3 is 1.86 bits per heavy atom. The van der Waals surface area contributed by atoms with Crippen molar-refractivity contribution in [2.45, 2.75) is 45.1 Å². The lowest BCUT2D eigenvalue weighted by Crippen LogP contribution is -2.32. The Morgan fingerprint density at radius 1 is 0.864 bits per heavy atom. The van der Waals surface area contributed by atoms with E-state index in [4.69, 9.17) is 4.74 Å². The number of carbonyl (C=O) groups excluding carboxylic acids is 1. The number of carbonyl (C=O) groups is 1. The van der Waals surface area contributed by atoms with Gasteiger partial charge in [0.1, 0.15) is 5.60 Å². The van der Waals surface area contributed by atoms with Gasteiger partial charge in [0.05, 0.1) is 5.56 Å². The number of esters is 1. The van der Waals surface area contributed by atoms with Gasteiger partial charge in [0.25, 0.3) is 0 Å². The zero-order valence-electron chi connectivity index (χ0n) is 13.4. The summed E-state index contributed by atoms with van der Waals surface area (Å²) in [4.78, 5) is 12.6. The van der Waals surface area contributed by atoms with Crippen molar-refractivity contribution in [2.75, 3.05) is 0 Å². The SMILES string of the molecule is CCCC(CCC)(OC(=O)c1ccccc1)c1ccccc1. The largest absolute Gasteiger partial charge is 0.451 e. The van der Waals surface area contributed by atoms with Crippen LogP contribution in [0, 0.1) is 0 Å². The fourth-order valence-corrected chi connectivity index (χ4v) is 2.93. The summed E-state index contributed by atoms with van der Waals surface area (Å²) in [6.45, 7) is 4.26. The van der Waals surface area contributed by atoms with Crippen LogP contribution in [0.25, 0.3) is 0 Å². The molecule has 0 aliphatic carbocycles. The van der Waals surface area contributed by atoms with Gasteiger partial charge in [-0.3, -0.25) is 0 Å². The number of hydrogen-bond donors (Lipinski definition) is 0. The second-order valence-electron chi connectivity index (χ2n) is 5.62. The molecule has 0 amide bonds. The molecule has 0 fully saturated rings. The molecule has 2 nitrogen and oxygen atoms in total. The van der Waals surface area contributed by atoms with Crippen molar-refractivity contribution >= 4 is 5.97 Å². The summed E-state index contributed by atoms with van der Waals surface area (Å²) in [5, 5.41) is 0. The van der Waals surface area contributed by atoms with Crippen molar-refractivity contribution in [1.29, 1.82) is 0 Å². The van der Waals surface area contributed by atoms with E-state index in [9.17, 15) is 4.79 Å². The molecule has 0 unspecified atom stereocenters. The Morgan fingerprint density at radius 2 is 1.36 bits per heavy atom. The molecule has 2 heteroatoms. The lowest BCUT2D eigenvalue weighted by Gasteiger charge is -2.34. The summed E-state index contributed by atoms with van der Waals surface area (Å²) < 4.78 is 6.05. The zero-order valence-corrected chi connectivity index (χ0v) is 13.4. The van der Waals surface area contributed by atoms with E-state index in [1.54, 1.807) is 12.1 Å². The first kappa shape index (κ1) is 16.3. The Kier molecular flexibility index (Phi) is 5.76. The Balaban J connectivity index is 2.33. The molecule has 0 bridgehead atoms. The van der Waals surface area contributed by atoms with Gasteiger partial charge in [-0.05, 0) is 30.5 Å². The van der Waals surface area contributed by atoms with Crippen molar-refractivity contribution in [2.24, 2.45) is 0 Å². The smallest absolute Gasteiger partial charge is 0.339 e. The molecule has 0 aliphatic heterocycles. The van der Waals surface area contributed by atoms with Crippen LogP contribution in [-0.4, -0.2) is 5.97 Å². The summed E-state index contributed by atoms with van der Waals surface area (Å²) in [5.41, 5.74) is 1.16. The molecule has 2 aromatic carbocycles. The van der Waals surface area contributed by atoms with Gasteiger partial charge in [-0.25, -0.2) is 4.79 Å². The predicted molar refractivity (Wildman–Crippen MR) is 89.8 cm³/mol. The monoisotopic (exact) mass is 296 g/mol. The predicted octanol–water partition coefficient (Wildman–Crippen LogP) is 5.34. The van der Waals surface area contributed by atoms with E-state index in [2.05, 4.69) is 26.0 Å². The van der Waals surface area contributed by atoms with Crippen molar-refractivity contribution in [3.05, 3.63) is 71.8 Å². The van der Waals surface area contributed by atoms with E-state index in [0.29, 0.717) is 5.56 Å². The lowest BCUT2D eigenvalue weighted by molar-refractivity contribution is -0.0321. The summed E-state index contributed by atoms with van der Waals surface area (Å²) in [6.07, 6.45) is 3.61. The summed E-state index contributed by atoms with van der Waals surface area (Å²) in [7, 11) is 0. The van der Waals surface area contributed by atoms with E-state index < -0.39 is 5.60 Å². The van der Waals surface area contributed by atoms with Crippen molar-refractivity contribution in [1.82, 2.24) is 0 Å². The highest BCUT2D eigenvalue weighted by Crippen LogP contribution is 2.36. The van der Waals surface area contributed by atoms with Gasteiger partial charge >= 0.3 is 5.97 Å². The van der Waals surface area contributed by atoms with Crippen LogP contribution in [0.4, 0.5) is 0 Å². The van der Waals surface area contributed by atoms with Crippen LogP contribution >= 0.6 is 0 Å². The van der Waals surface area contributed by atoms with Crippen molar-refractivity contribution < 1.29 is 9.53 Å². The third-order valence-corrected chi connectivity index (χ3v) is 3.91. The van der Waals surface area contributed by atoms with E-state index in [-0.39, 0.29) is 5.97 Å². The van der Waals surface area contributed by atoms with Crippen LogP contribution in [0.15, 0.2) is 60.7 Å². The number of ether oxygens (including phenoxy) is 1. The molecule has 22 heavy (non-hydrogen) atoms. The van der Waals surface area contributed by atoms with Gasteiger partial charge in [-0.15, -0.1) is 0 Å². The molecule has 0 spiro atoms. The third kappa shape index (κ3) is 3.76. The van der Waals surface area contributed by atoms with Gasteiger partial charge in [0.2, 0.25) is 0 Å². The fourth-order valence-electron chi connectivity index (χ4n) is 2.93. The first-order chi connectivity index (χ1) is 10.7. The minimum atomic E-state index is -0.530. The number of rotatable bonds is 7. The quantitative estimate of drug-likeness (QED) is 0.645. The summed E-state index contributed by atoms with van der Waals surface area (Å²) >= 11 is 0. The molecule has 116 valence electrons. The molecule has 0 saturated carbocycles. The van der Waals surface area contributed by atoms with Gasteiger partial charge in [-0.1, -0.05) is 75.2 Å². The molecule has 0 aromatic heterocycles. The standard InChI is InChI=1S/C20H24O2/c1-3-15-20(16-4-2,18-13-9-6-10-14-18)22-19(21)17-11-7-5-8-12-17/h5-14H,3-4,15-16H2,1-2H3. The minimum Gasteiger partial charge on any atom is -0.451 e. The fraction of sp³-hybridized carbons (Fsp3) is 0.350. The molecule has 0 heterocycles. The van der Waals surface area contributed by atoms with Gasteiger partial charge in [-0.2, -0.15) is 0 Å². The average molecular weight is 296 g/mol. The zero-order chi connectivity index (χ0) is 15.8. The molecular formula is C20H24O2. The molecule has 0 N–H and O–H groups in total. The second kappa shape index (κ2) is 7.79. The lowest BCUT2D eigenvalue weighted by atomic mass is 9.85. The van der Waals surface area contributed by atoms with Gasteiger partial charge < -0.3 is 4.74 Å². The van der Waals surface area contributed by atoms with E-state index in [1.165, 1.54) is 0 Å². The maximum Gasteiger partial charge on any atom is 0.339 e. The van der Waals surface area contributed by atoms with Crippen LogP contribution < -0.4 is 0 Å². The van der Waals surface area contributed by atoms with E-state index in [1.807, 2.05) is 36.4 Å². The highest BCUT2D eigenvalue weighted by Gasteiger charge is 2.34. The third-order valence-electron chi connectivity index (χ3n) is 3.91. The minimum absolute atomic E-state index is 0.244.